The van der Waals surface area contributed by atoms with Gasteiger partial charge < -0.3 is 14.6 Å². The van der Waals surface area contributed by atoms with Crippen LogP contribution in [-0.2, 0) is 25.7 Å². The van der Waals surface area contributed by atoms with Crippen LogP contribution in [0.25, 0.3) is 0 Å². The average Bonchev–Trinajstić information content (AvgIpc) is 2.61. The lowest BCUT2D eigenvalue weighted by atomic mass is 9.90. The third-order valence-corrected chi connectivity index (χ3v) is 3.92. The first kappa shape index (κ1) is 20.6. The second-order valence-corrected chi connectivity index (χ2v) is 7.36. The second-order valence-electron chi connectivity index (χ2n) is 7.36. The zero-order valence-electron chi connectivity index (χ0n) is 15.9. The Kier molecular flexibility index (Phi) is 7.13. The van der Waals surface area contributed by atoms with Crippen molar-refractivity contribution in [2.24, 2.45) is 0 Å². The molecule has 0 amide bonds. The Bertz CT molecular complexity index is 734. The second kappa shape index (κ2) is 9.33. The van der Waals surface area contributed by atoms with Crippen molar-refractivity contribution in [1.82, 2.24) is 0 Å². The van der Waals surface area contributed by atoms with Crippen molar-refractivity contribution in [2.75, 3.05) is 0 Å². The number of esters is 1. The molecule has 0 spiro atoms. The zero-order chi connectivity index (χ0) is 19.9. The Balaban J connectivity index is 2.22. The van der Waals surface area contributed by atoms with Crippen LogP contribution in [0.15, 0.2) is 60.7 Å². The molecule has 2 aromatic carbocycles. The molecule has 5 heteroatoms. The molecule has 2 aromatic rings. The molecule has 0 aliphatic carbocycles. The molecular formula is C22H26O5. The van der Waals surface area contributed by atoms with Crippen LogP contribution >= 0.6 is 0 Å². The first-order chi connectivity index (χ1) is 12.8. The molecule has 5 nitrogen and oxygen atoms in total. The van der Waals surface area contributed by atoms with Gasteiger partial charge in [0.2, 0.25) is 0 Å². The number of carbonyl (C=O) groups excluding carboxylic acids is 1. The molecule has 0 bridgehead atoms. The number of carboxylic acid groups (broad SMARTS) is 1. The minimum absolute atomic E-state index is 0.0763. The summed E-state index contributed by atoms with van der Waals surface area (Å²) in [4.78, 5) is 24.3. The van der Waals surface area contributed by atoms with E-state index in [0.29, 0.717) is 0 Å². The predicted molar refractivity (Wildman–Crippen MR) is 102 cm³/mol. The van der Waals surface area contributed by atoms with Gasteiger partial charge in [-0.1, -0.05) is 60.7 Å². The molecule has 0 aromatic heterocycles. The highest BCUT2D eigenvalue weighted by molar-refractivity contribution is 5.77. The number of ether oxygens (including phenoxy) is 2. The van der Waals surface area contributed by atoms with E-state index in [1.807, 2.05) is 48.5 Å². The molecule has 0 radical (unpaired) electrons. The number of rotatable bonds is 8. The van der Waals surface area contributed by atoms with Gasteiger partial charge in [0.1, 0.15) is 5.60 Å². The third kappa shape index (κ3) is 6.87. The molecule has 144 valence electrons. The smallest absolute Gasteiger partial charge is 0.333 e. The Morgan fingerprint density at radius 3 is 2.04 bits per heavy atom. The van der Waals surface area contributed by atoms with Gasteiger partial charge in [-0.3, -0.25) is 4.79 Å². The van der Waals surface area contributed by atoms with Crippen LogP contribution in [0.5, 0.6) is 0 Å². The van der Waals surface area contributed by atoms with Crippen molar-refractivity contribution in [1.29, 1.82) is 0 Å². The van der Waals surface area contributed by atoms with Gasteiger partial charge in [-0.25, -0.2) is 4.79 Å². The van der Waals surface area contributed by atoms with Crippen LogP contribution in [0.2, 0.25) is 0 Å². The first-order valence-electron chi connectivity index (χ1n) is 8.91. The van der Waals surface area contributed by atoms with Crippen molar-refractivity contribution in [3.05, 3.63) is 71.8 Å². The standard InChI is InChI=1S/C22H26O5/c1-22(2,3)27-19(23)14-18(17-12-8-5-9-13-17)20(21(24)25)26-15-16-10-6-4-7-11-16/h4-13,18,20H,14-15H2,1-3H3,(H,24,25)/t18-,20+/m0/s1. The fourth-order valence-electron chi connectivity index (χ4n) is 2.78. The summed E-state index contributed by atoms with van der Waals surface area (Å²) >= 11 is 0. The van der Waals surface area contributed by atoms with Crippen molar-refractivity contribution in [3.63, 3.8) is 0 Å². The maximum atomic E-state index is 12.4. The summed E-state index contributed by atoms with van der Waals surface area (Å²) in [7, 11) is 0. The van der Waals surface area contributed by atoms with Crippen molar-refractivity contribution in [2.45, 2.75) is 51.4 Å². The van der Waals surface area contributed by atoms with E-state index in [1.165, 1.54) is 0 Å². The molecule has 0 saturated heterocycles. The van der Waals surface area contributed by atoms with Crippen molar-refractivity contribution < 1.29 is 24.2 Å². The highest BCUT2D eigenvalue weighted by Gasteiger charge is 2.33. The average molecular weight is 370 g/mol. The van der Waals surface area contributed by atoms with Crippen LogP contribution in [0, 0.1) is 0 Å². The van der Waals surface area contributed by atoms with Crippen LogP contribution in [0.4, 0.5) is 0 Å². The van der Waals surface area contributed by atoms with E-state index in [4.69, 9.17) is 9.47 Å². The Morgan fingerprint density at radius 2 is 1.52 bits per heavy atom. The fourth-order valence-corrected chi connectivity index (χ4v) is 2.78. The largest absolute Gasteiger partial charge is 0.479 e. The lowest BCUT2D eigenvalue weighted by Gasteiger charge is -2.26. The molecule has 0 unspecified atom stereocenters. The van der Waals surface area contributed by atoms with Crippen LogP contribution < -0.4 is 0 Å². The Labute approximate surface area is 159 Å². The highest BCUT2D eigenvalue weighted by atomic mass is 16.6. The monoisotopic (exact) mass is 370 g/mol. The number of hydrogen-bond acceptors (Lipinski definition) is 4. The summed E-state index contributed by atoms with van der Waals surface area (Å²) in [5.41, 5.74) is 0.957. The third-order valence-electron chi connectivity index (χ3n) is 3.92. The lowest BCUT2D eigenvalue weighted by Crippen LogP contribution is -2.34. The summed E-state index contributed by atoms with van der Waals surface area (Å²) in [6, 6.07) is 18.4. The van der Waals surface area contributed by atoms with Gasteiger partial charge in [0.15, 0.2) is 6.10 Å². The topological polar surface area (TPSA) is 72.8 Å². The van der Waals surface area contributed by atoms with Gasteiger partial charge in [-0.2, -0.15) is 0 Å². The van der Waals surface area contributed by atoms with Gasteiger partial charge >= 0.3 is 11.9 Å². The van der Waals surface area contributed by atoms with Gasteiger partial charge in [-0.15, -0.1) is 0 Å². The molecule has 0 aliphatic heterocycles. The van der Waals surface area contributed by atoms with Crippen LogP contribution in [-0.4, -0.2) is 28.8 Å². The minimum Gasteiger partial charge on any atom is -0.479 e. The van der Waals surface area contributed by atoms with Crippen LogP contribution in [0.3, 0.4) is 0 Å². The SMILES string of the molecule is CC(C)(C)OC(=O)C[C@@H](c1ccccc1)[C@@H](OCc1ccccc1)C(=O)O. The summed E-state index contributed by atoms with van der Waals surface area (Å²) in [5, 5.41) is 9.75. The van der Waals surface area contributed by atoms with E-state index in [0.717, 1.165) is 11.1 Å². The van der Waals surface area contributed by atoms with E-state index in [2.05, 4.69) is 0 Å². The maximum absolute atomic E-state index is 12.4. The van der Waals surface area contributed by atoms with Crippen LogP contribution in [0.1, 0.15) is 44.2 Å². The summed E-state index contributed by atoms with van der Waals surface area (Å²) in [6.07, 6.45) is -1.24. The molecular weight excluding hydrogens is 344 g/mol. The fraction of sp³-hybridized carbons (Fsp3) is 0.364. The van der Waals surface area contributed by atoms with Gasteiger partial charge in [0.25, 0.3) is 0 Å². The minimum atomic E-state index is -1.17. The molecule has 1 N–H and O–H groups in total. The first-order valence-corrected chi connectivity index (χ1v) is 8.91. The molecule has 2 atom stereocenters. The van der Waals surface area contributed by atoms with E-state index < -0.39 is 29.6 Å². The molecule has 0 aliphatic rings. The van der Waals surface area contributed by atoms with Gasteiger partial charge in [0, 0.05) is 5.92 Å². The molecule has 27 heavy (non-hydrogen) atoms. The number of hydrogen-bond donors (Lipinski definition) is 1. The summed E-state index contributed by atoms with van der Waals surface area (Å²) in [5.74, 6) is -2.21. The molecule has 0 heterocycles. The summed E-state index contributed by atoms with van der Waals surface area (Å²) < 4.78 is 11.1. The van der Waals surface area contributed by atoms with Crippen molar-refractivity contribution >= 4 is 11.9 Å². The van der Waals surface area contributed by atoms with Gasteiger partial charge in [-0.05, 0) is 31.9 Å². The molecule has 0 fully saturated rings. The number of carboxylic acids is 1. The summed E-state index contributed by atoms with van der Waals surface area (Å²) in [6.45, 7) is 5.49. The Morgan fingerprint density at radius 1 is 0.963 bits per heavy atom. The van der Waals surface area contributed by atoms with E-state index >= 15 is 0 Å². The lowest BCUT2D eigenvalue weighted by molar-refractivity contribution is -0.159. The highest BCUT2D eigenvalue weighted by Crippen LogP contribution is 2.28. The number of carbonyl (C=O) groups is 2. The van der Waals surface area contributed by atoms with E-state index in [-0.39, 0.29) is 13.0 Å². The Hall–Kier alpha value is -2.66. The quantitative estimate of drug-likeness (QED) is 0.706. The zero-order valence-corrected chi connectivity index (χ0v) is 15.9. The van der Waals surface area contributed by atoms with Gasteiger partial charge in [0.05, 0.1) is 13.0 Å². The van der Waals surface area contributed by atoms with Crippen molar-refractivity contribution in [3.8, 4) is 0 Å². The normalized spacial score (nSPS) is 13.6. The molecule has 2 rings (SSSR count). The number of benzene rings is 2. The maximum Gasteiger partial charge on any atom is 0.333 e. The predicted octanol–water partition coefficient (Wildman–Crippen LogP) is 4.17. The van der Waals surface area contributed by atoms with E-state index in [1.54, 1.807) is 32.9 Å². The number of aliphatic carboxylic acids is 1. The molecule has 0 saturated carbocycles. The van der Waals surface area contributed by atoms with E-state index in [9.17, 15) is 14.7 Å².